The van der Waals surface area contributed by atoms with E-state index in [-0.39, 0.29) is 13.2 Å². The van der Waals surface area contributed by atoms with E-state index in [9.17, 15) is 5.11 Å². The molecule has 2 N–H and O–H groups in total. The van der Waals surface area contributed by atoms with Crippen LogP contribution in [0, 0.1) is 0 Å². The zero-order chi connectivity index (χ0) is 13.4. The predicted octanol–water partition coefficient (Wildman–Crippen LogP) is 1.39. The molecule has 0 radical (unpaired) electrons. The van der Waals surface area contributed by atoms with Gasteiger partial charge >= 0.3 is 0 Å². The molecule has 1 atom stereocenters. The smallest absolute Gasteiger partial charge is 0.119 e. The molecule has 0 saturated carbocycles. The van der Waals surface area contributed by atoms with Crippen molar-refractivity contribution in [3.63, 3.8) is 0 Å². The average Bonchev–Trinajstić information content (AvgIpc) is 2.37. The minimum absolute atomic E-state index is 0.0958. The van der Waals surface area contributed by atoms with Crippen LogP contribution >= 0.6 is 11.6 Å². The van der Waals surface area contributed by atoms with Gasteiger partial charge in [-0.1, -0.05) is 18.5 Å². The molecule has 1 unspecified atom stereocenters. The Kier molecular flexibility index (Phi) is 7.05. The highest BCUT2D eigenvalue weighted by atomic mass is 35.5. The van der Waals surface area contributed by atoms with E-state index in [0.717, 1.165) is 6.54 Å². The lowest BCUT2D eigenvalue weighted by atomic mass is 10.3. The van der Waals surface area contributed by atoms with Gasteiger partial charge in [0, 0.05) is 18.1 Å². The Bertz CT molecular complexity index is 332. The first-order chi connectivity index (χ1) is 8.65. The second-order valence-corrected chi connectivity index (χ2v) is 4.47. The summed E-state index contributed by atoms with van der Waals surface area (Å²) >= 11 is 5.76. The SMILES string of the molecule is CCN(CCO)CC(O)COc1ccc(Cl)cc1. The molecule has 0 aliphatic heterocycles. The number of hydrogen-bond donors (Lipinski definition) is 2. The summed E-state index contributed by atoms with van der Waals surface area (Å²) in [6.45, 7) is 4.16. The molecular weight excluding hydrogens is 254 g/mol. The molecule has 1 aromatic carbocycles. The van der Waals surface area contributed by atoms with Gasteiger partial charge in [0.15, 0.2) is 0 Å². The second-order valence-electron chi connectivity index (χ2n) is 4.04. The van der Waals surface area contributed by atoms with Gasteiger partial charge in [-0.3, -0.25) is 4.90 Å². The normalized spacial score (nSPS) is 12.7. The molecule has 1 aromatic rings. The summed E-state index contributed by atoms with van der Waals surface area (Å²) in [7, 11) is 0. The number of aliphatic hydroxyl groups excluding tert-OH is 2. The van der Waals surface area contributed by atoms with Crippen molar-refractivity contribution in [3.05, 3.63) is 29.3 Å². The van der Waals surface area contributed by atoms with Gasteiger partial charge in [-0.25, -0.2) is 0 Å². The Hall–Kier alpha value is -0.810. The summed E-state index contributed by atoms with van der Waals surface area (Å²) in [6.07, 6.45) is -0.577. The molecule has 0 fully saturated rings. The molecule has 0 aromatic heterocycles. The monoisotopic (exact) mass is 273 g/mol. The van der Waals surface area contributed by atoms with Crippen molar-refractivity contribution >= 4 is 11.6 Å². The van der Waals surface area contributed by atoms with Gasteiger partial charge in [0.05, 0.1) is 6.61 Å². The number of likely N-dealkylation sites (N-methyl/N-ethyl adjacent to an activating group) is 1. The number of nitrogens with zero attached hydrogens (tertiary/aromatic N) is 1. The third kappa shape index (κ3) is 5.69. The minimum Gasteiger partial charge on any atom is -0.491 e. The van der Waals surface area contributed by atoms with E-state index in [2.05, 4.69) is 0 Å². The van der Waals surface area contributed by atoms with E-state index in [1.807, 2.05) is 11.8 Å². The van der Waals surface area contributed by atoms with Gasteiger partial charge in [-0.2, -0.15) is 0 Å². The van der Waals surface area contributed by atoms with Gasteiger partial charge in [0.25, 0.3) is 0 Å². The molecular formula is C13H20ClNO3. The standard InChI is InChI=1S/C13H20ClNO3/c1-2-15(7-8-16)9-12(17)10-18-13-5-3-11(14)4-6-13/h3-6,12,16-17H,2,7-10H2,1H3. The highest BCUT2D eigenvalue weighted by Crippen LogP contribution is 2.15. The molecule has 0 spiro atoms. The van der Waals surface area contributed by atoms with Crippen molar-refractivity contribution in [1.29, 1.82) is 0 Å². The maximum atomic E-state index is 9.82. The van der Waals surface area contributed by atoms with E-state index < -0.39 is 6.10 Å². The predicted molar refractivity (Wildman–Crippen MR) is 72.2 cm³/mol. The van der Waals surface area contributed by atoms with Crippen LogP contribution < -0.4 is 4.74 Å². The number of halogens is 1. The Morgan fingerprint density at radius 2 is 2.00 bits per heavy atom. The maximum Gasteiger partial charge on any atom is 0.119 e. The van der Waals surface area contributed by atoms with E-state index in [0.29, 0.717) is 23.9 Å². The van der Waals surface area contributed by atoms with Crippen LogP contribution in [0.1, 0.15) is 6.92 Å². The lowest BCUT2D eigenvalue weighted by Crippen LogP contribution is -2.37. The van der Waals surface area contributed by atoms with Gasteiger partial charge in [0.1, 0.15) is 18.5 Å². The Morgan fingerprint density at radius 1 is 1.33 bits per heavy atom. The summed E-state index contributed by atoms with van der Waals surface area (Å²) in [4.78, 5) is 1.97. The van der Waals surface area contributed by atoms with Gasteiger partial charge in [0.2, 0.25) is 0 Å². The van der Waals surface area contributed by atoms with Crippen molar-refractivity contribution < 1.29 is 14.9 Å². The summed E-state index contributed by atoms with van der Waals surface area (Å²) in [6, 6.07) is 7.02. The molecule has 1 rings (SSSR count). The van der Waals surface area contributed by atoms with Crippen LogP contribution in [0.3, 0.4) is 0 Å². The zero-order valence-electron chi connectivity index (χ0n) is 10.6. The first-order valence-corrected chi connectivity index (χ1v) is 6.43. The fourth-order valence-corrected chi connectivity index (χ4v) is 1.72. The summed E-state index contributed by atoms with van der Waals surface area (Å²) in [5.41, 5.74) is 0. The summed E-state index contributed by atoms with van der Waals surface area (Å²) < 4.78 is 5.45. The van der Waals surface area contributed by atoms with E-state index in [1.54, 1.807) is 24.3 Å². The van der Waals surface area contributed by atoms with Gasteiger partial charge in [-0.15, -0.1) is 0 Å². The highest BCUT2D eigenvalue weighted by molar-refractivity contribution is 6.30. The molecule has 102 valence electrons. The lowest BCUT2D eigenvalue weighted by Gasteiger charge is -2.22. The largest absolute Gasteiger partial charge is 0.491 e. The molecule has 0 saturated heterocycles. The third-order valence-electron chi connectivity index (χ3n) is 2.59. The maximum absolute atomic E-state index is 9.82. The summed E-state index contributed by atoms with van der Waals surface area (Å²) in [5.74, 6) is 0.684. The Morgan fingerprint density at radius 3 is 2.56 bits per heavy atom. The molecule has 0 heterocycles. The first-order valence-electron chi connectivity index (χ1n) is 6.05. The third-order valence-corrected chi connectivity index (χ3v) is 2.84. The molecule has 0 bridgehead atoms. The molecule has 5 heteroatoms. The van der Waals surface area contributed by atoms with Crippen molar-refractivity contribution in [2.75, 3.05) is 32.8 Å². The van der Waals surface area contributed by atoms with Crippen LogP contribution in [0.15, 0.2) is 24.3 Å². The Balaban J connectivity index is 2.31. The number of aliphatic hydroxyl groups is 2. The van der Waals surface area contributed by atoms with Crippen LogP contribution in [0.25, 0.3) is 0 Å². The second kappa shape index (κ2) is 8.32. The van der Waals surface area contributed by atoms with Gasteiger partial charge in [-0.05, 0) is 30.8 Å². The number of rotatable bonds is 8. The quantitative estimate of drug-likeness (QED) is 0.752. The molecule has 0 aliphatic carbocycles. The molecule has 0 amide bonds. The molecule has 4 nitrogen and oxygen atoms in total. The van der Waals surface area contributed by atoms with E-state index >= 15 is 0 Å². The molecule has 18 heavy (non-hydrogen) atoms. The van der Waals surface area contributed by atoms with Gasteiger partial charge < -0.3 is 14.9 Å². The van der Waals surface area contributed by atoms with Crippen molar-refractivity contribution in [1.82, 2.24) is 4.90 Å². The number of hydrogen-bond acceptors (Lipinski definition) is 4. The summed E-state index contributed by atoms with van der Waals surface area (Å²) in [5, 5.41) is 19.3. The lowest BCUT2D eigenvalue weighted by molar-refractivity contribution is 0.0638. The topological polar surface area (TPSA) is 52.9 Å². The van der Waals surface area contributed by atoms with Crippen LogP contribution in [0.5, 0.6) is 5.75 Å². The van der Waals surface area contributed by atoms with Crippen molar-refractivity contribution in [2.45, 2.75) is 13.0 Å². The Labute approximate surface area is 113 Å². The fourth-order valence-electron chi connectivity index (χ4n) is 1.59. The number of ether oxygens (including phenoxy) is 1. The van der Waals surface area contributed by atoms with Crippen molar-refractivity contribution in [2.24, 2.45) is 0 Å². The van der Waals surface area contributed by atoms with Crippen molar-refractivity contribution in [3.8, 4) is 5.75 Å². The molecule has 0 aliphatic rings. The van der Waals surface area contributed by atoms with Crippen LogP contribution in [0.4, 0.5) is 0 Å². The first kappa shape index (κ1) is 15.2. The zero-order valence-corrected chi connectivity index (χ0v) is 11.3. The fraction of sp³-hybridized carbons (Fsp3) is 0.538. The number of benzene rings is 1. The van der Waals surface area contributed by atoms with Crippen LogP contribution in [-0.2, 0) is 0 Å². The van der Waals surface area contributed by atoms with Crippen LogP contribution in [-0.4, -0.2) is 54.1 Å². The average molecular weight is 274 g/mol. The van der Waals surface area contributed by atoms with E-state index in [4.69, 9.17) is 21.4 Å². The van der Waals surface area contributed by atoms with E-state index in [1.165, 1.54) is 0 Å². The minimum atomic E-state index is -0.577. The highest BCUT2D eigenvalue weighted by Gasteiger charge is 2.10. The van der Waals surface area contributed by atoms with Crippen LogP contribution in [0.2, 0.25) is 5.02 Å².